The normalized spacial score (nSPS) is 14.4. The Morgan fingerprint density at radius 1 is 1.31 bits per heavy atom. The number of hydrogen-bond donors (Lipinski definition) is 1. The van der Waals surface area contributed by atoms with Crippen molar-refractivity contribution in [3.05, 3.63) is 63.5 Å². The SMILES string of the molecule is CCn1cc(CN2CCc3nc(-c4ccccn4)[nH]c(=O)c3C2)c(C)n1. The summed E-state index contributed by atoms with van der Waals surface area (Å²) >= 11 is 0. The number of fused-ring (bicyclic) bond motifs is 1. The third-order valence-electron chi connectivity index (χ3n) is 4.82. The largest absolute Gasteiger partial charge is 0.305 e. The second kappa shape index (κ2) is 6.84. The van der Waals surface area contributed by atoms with Crippen molar-refractivity contribution >= 4 is 0 Å². The smallest absolute Gasteiger partial charge is 0.255 e. The third-order valence-corrected chi connectivity index (χ3v) is 4.82. The topological polar surface area (TPSA) is 79.7 Å². The lowest BCUT2D eigenvalue weighted by Crippen LogP contribution is -2.35. The van der Waals surface area contributed by atoms with Crippen molar-refractivity contribution in [3.63, 3.8) is 0 Å². The zero-order valence-electron chi connectivity index (χ0n) is 15.1. The van der Waals surface area contributed by atoms with Crippen molar-refractivity contribution in [3.8, 4) is 11.5 Å². The van der Waals surface area contributed by atoms with E-state index in [9.17, 15) is 4.79 Å². The van der Waals surface area contributed by atoms with E-state index in [-0.39, 0.29) is 5.56 Å². The molecule has 134 valence electrons. The van der Waals surface area contributed by atoms with Crippen molar-refractivity contribution in [1.29, 1.82) is 0 Å². The molecule has 0 unspecified atom stereocenters. The predicted molar refractivity (Wildman–Crippen MR) is 98.5 cm³/mol. The van der Waals surface area contributed by atoms with Crippen LogP contribution in [0.3, 0.4) is 0 Å². The quantitative estimate of drug-likeness (QED) is 0.777. The fourth-order valence-corrected chi connectivity index (χ4v) is 3.36. The fraction of sp³-hybridized carbons (Fsp3) is 0.368. The van der Waals surface area contributed by atoms with Gasteiger partial charge >= 0.3 is 0 Å². The molecule has 0 spiro atoms. The Labute approximate surface area is 151 Å². The van der Waals surface area contributed by atoms with Gasteiger partial charge in [-0.05, 0) is 26.0 Å². The van der Waals surface area contributed by atoms with Crippen LogP contribution in [0.5, 0.6) is 0 Å². The van der Waals surface area contributed by atoms with Gasteiger partial charge in [-0.15, -0.1) is 0 Å². The predicted octanol–water partition coefficient (Wildman–Crippen LogP) is 1.92. The number of nitrogens with one attached hydrogen (secondary N) is 1. The lowest BCUT2D eigenvalue weighted by molar-refractivity contribution is 0.241. The summed E-state index contributed by atoms with van der Waals surface area (Å²) in [6.45, 7) is 7.26. The number of hydrogen-bond acceptors (Lipinski definition) is 5. The molecule has 0 aromatic carbocycles. The number of aromatic amines is 1. The standard InChI is InChI=1S/C19H22N6O/c1-3-25-11-14(13(2)23-25)10-24-9-7-16-15(12-24)19(26)22-18(21-16)17-6-4-5-8-20-17/h4-6,8,11H,3,7,9-10,12H2,1-2H3,(H,21,22,26). The highest BCUT2D eigenvalue weighted by molar-refractivity contribution is 5.49. The zero-order chi connectivity index (χ0) is 18.1. The molecule has 0 atom stereocenters. The van der Waals surface area contributed by atoms with E-state index in [4.69, 9.17) is 0 Å². The Morgan fingerprint density at radius 3 is 2.92 bits per heavy atom. The molecule has 1 aliphatic rings. The Morgan fingerprint density at radius 2 is 2.19 bits per heavy atom. The van der Waals surface area contributed by atoms with Gasteiger partial charge in [0.1, 0.15) is 5.69 Å². The van der Waals surface area contributed by atoms with E-state index in [0.717, 1.165) is 43.0 Å². The molecule has 1 aliphatic heterocycles. The fourth-order valence-electron chi connectivity index (χ4n) is 3.36. The van der Waals surface area contributed by atoms with Crippen LogP contribution in [0.1, 0.15) is 29.4 Å². The summed E-state index contributed by atoms with van der Waals surface area (Å²) in [6, 6.07) is 5.59. The molecule has 4 heterocycles. The van der Waals surface area contributed by atoms with E-state index < -0.39 is 0 Å². The average molecular weight is 350 g/mol. The van der Waals surface area contributed by atoms with Crippen LogP contribution in [-0.4, -0.2) is 36.2 Å². The van der Waals surface area contributed by atoms with Crippen molar-refractivity contribution in [2.45, 2.75) is 39.9 Å². The minimum Gasteiger partial charge on any atom is -0.305 e. The van der Waals surface area contributed by atoms with E-state index in [1.165, 1.54) is 5.56 Å². The molecule has 7 nitrogen and oxygen atoms in total. The molecule has 26 heavy (non-hydrogen) atoms. The first-order chi connectivity index (χ1) is 12.6. The Balaban J connectivity index is 1.57. The van der Waals surface area contributed by atoms with Gasteiger partial charge in [0.15, 0.2) is 5.82 Å². The molecule has 0 radical (unpaired) electrons. The summed E-state index contributed by atoms with van der Waals surface area (Å²) < 4.78 is 1.95. The van der Waals surface area contributed by atoms with Gasteiger partial charge in [0.05, 0.1) is 17.0 Å². The number of pyridine rings is 1. The molecule has 0 amide bonds. The monoisotopic (exact) mass is 350 g/mol. The van der Waals surface area contributed by atoms with Crippen LogP contribution < -0.4 is 5.56 Å². The summed E-state index contributed by atoms with van der Waals surface area (Å²) in [5.74, 6) is 0.544. The summed E-state index contributed by atoms with van der Waals surface area (Å²) in [6.07, 6.45) is 4.56. The minimum absolute atomic E-state index is 0.0682. The molecule has 0 bridgehead atoms. The van der Waals surface area contributed by atoms with Crippen LogP contribution in [0.25, 0.3) is 11.5 Å². The summed E-state index contributed by atoms with van der Waals surface area (Å²) in [4.78, 5) is 26.7. The number of H-pyrrole nitrogens is 1. The maximum Gasteiger partial charge on any atom is 0.255 e. The van der Waals surface area contributed by atoms with Crippen LogP contribution in [0.4, 0.5) is 0 Å². The molecular formula is C19H22N6O. The minimum atomic E-state index is -0.0682. The van der Waals surface area contributed by atoms with Gasteiger partial charge in [0.2, 0.25) is 0 Å². The van der Waals surface area contributed by atoms with Gasteiger partial charge in [-0.1, -0.05) is 6.07 Å². The highest BCUT2D eigenvalue weighted by atomic mass is 16.1. The summed E-state index contributed by atoms with van der Waals surface area (Å²) in [7, 11) is 0. The number of aryl methyl sites for hydroxylation is 2. The number of nitrogens with zero attached hydrogens (tertiary/aromatic N) is 5. The second-order valence-corrected chi connectivity index (χ2v) is 6.61. The van der Waals surface area contributed by atoms with E-state index in [1.54, 1.807) is 6.20 Å². The number of aromatic nitrogens is 5. The van der Waals surface area contributed by atoms with Gasteiger partial charge in [-0.25, -0.2) is 4.98 Å². The van der Waals surface area contributed by atoms with Crippen molar-refractivity contribution in [2.24, 2.45) is 0 Å². The lowest BCUT2D eigenvalue weighted by Gasteiger charge is -2.27. The zero-order valence-corrected chi connectivity index (χ0v) is 15.1. The van der Waals surface area contributed by atoms with E-state index in [0.29, 0.717) is 18.1 Å². The van der Waals surface area contributed by atoms with Crippen molar-refractivity contribution < 1.29 is 0 Å². The molecule has 0 fully saturated rings. The molecule has 4 rings (SSSR count). The van der Waals surface area contributed by atoms with Gasteiger partial charge in [0.25, 0.3) is 5.56 Å². The van der Waals surface area contributed by atoms with Crippen LogP contribution in [-0.2, 0) is 26.1 Å². The first-order valence-electron chi connectivity index (χ1n) is 8.92. The molecule has 1 N–H and O–H groups in total. The maximum atomic E-state index is 12.6. The molecule has 7 heteroatoms. The Kier molecular flexibility index (Phi) is 4.38. The molecule has 0 saturated heterocycles. The van der Waals surface area contributed by atoms with Crippen LogP contribution in [0.15, 0.2) is 35.4 Å². The average Bonchev–Trinajstić information content (AvgIpc) is 3.02. The third kappa shape index (κ3) is 3.17. The number of rotatable bonds is 4. The van der Waals surface area contributed by atoms with Gasteiger partial charge in [-0.2, -0.15) is 5.10 Å². The van der Waals surface area contributed by atoms with Gasteiger partial charge in [-0.3, -0.25) is 19.4 Å². The van der Waals surface area contributed by atoms with Crippen LogP contribution >= 0.6 is 0 Å². The van der Waals surface area contributed by atoms with Gasteiger partial charge < -0.3 is 4.98 Å². The van der Waals surface area contributed by atoms with E-state index in [1.807, 2.05) is 29.8 Å². The first-order valence-corrected chi connectivity index (χ1v) is 8.92. The van der Waals surface area contributed by atoms with Crippen LogP contribution in [0.2, 0.25) is 0 Å². The molecular weight excluding hydrogens is 328 g/mol. The molecule has 0 saturated carbocycles. The molecule has 0 aliphatic carbocycles. The molecule has 3 aromatic heterocycles. The highest BCUT2D eigenvalue weighted by Gasteiger charge is 2.22. The first kappa shape index (κ1) is 16.7. The highest BCUT2D eigenvalue weighted by Crippen LogP contribution is 2.19. The van der Waals surface area contributed by atoms with Crippen LogP contribution in [0, 0.1) is 6.92 Å². The Hall–Kier alpha value is -2.80. The van der Waals surface area contributed by atoms with Crippen molar-refractivity contribution in [2.75, 3.05) is 6.54 Å². The van der Waals surface area contributed by atoms with Gasteiger partial charge in [0, 0.05) is 50.6 Å². The van der Waals surface area contributed by atoms with Crippen molar-refractivity contribution in [1.82, 2.24) is 29.6 Å². The maximum absolute atomic E-state index is 12.6. The van der Waals surface area contributed by atoms with E-state index >= 15 is 0 Å². The lowest BCUT2D eigenvalue weighted by atomic mass is 10.1. The molecule has 3 aromatic rings. The summed E-state index contributed by atoms with van der Waals surface area (Å²) in [5.41, 5.74) is 4.53. The second-order valence-electron chi connectivity index (χ2n) is 6.61. The Bertz CT molecular complexity index is 975. The van der Waals surface area contributed by atoms with E-state index in [2.05, 4.69) is 38.1 Å². The summed E-state index contributed by atoms with van der Waals surface area (Å²) in [5, 5.41) is 4.50.